The van der Waals surface area contributed by atoms with Gasteiger partial charge in [0.25, 0.3) is 0 Å². The minimum atomic E-state index is 0.0876. The lowest BCUT2D eigenvalue weighted by molar-refractivity contribution is -0.132. The second kappa shape index (κ2) is 6.68. The highest BCUT2D eigenvalue weighted by Crippen LogP contribution is 2.31. The predicted octanol–water partition coefficient (Wildman–Crippen LogP) is 2.13. The molecule has 1 saturated heterocycles. The molecule has 6 heteroatoms. The summed E-state index contributed by atoms with van der Waals surface area (Å²) in [7, 11) is 0. The second-order valence-corrected chi connectivity index (χ2v) is 5.70. The first-order chi connectivity index (χ1) is 10.7. The van der Waals surface area contributed by atoms with Gasteiger partial charge in [0.15, 0.2) is 0 Å². The number of carbonyl (C=O) groups is 1. The van der Waals surface area contributed by atoms with Gasteiger partial charge in [-0.15, -0.1) is 0 Å². The van der Waals surface area contributed by atoms with Crippen LogP contribution >= 0.6 is 0 Å². The Bertz CT molecular complexity index is 625. The standard InChI is InChI=1S/C16H21N5O/c1-13-11-17-12-14(19-13)15-5-2-10-21(15)16(22)6-3-8-20-9-4-7-18-20/h4,7,9,11-12,15H,2-3,5-6,8,10H2,1H3/t15-/m0/s1. The van der Waals surface area contributed by atoms with Crippen molar-refractivity contribution in [3.63, 3.8) is 0 Å². The van der Waals surface area contributed by atoms with Crippen LogP contribution in [0.25, 0.3) is 0 Å². The maximum atomic E-state index is 12.5. The molecule has 0 bridgehead atoms. The highest BCUT2D eigenvalue weighted by Gasteiger charge is 2.30. The van der Waals surface area contributed by atoms with E-state index < -0.39 is 0 Å². The molecule has 0 radical (unpaired) electrons. The Labute approximate surface area is 130 Å². The normalized spacial score (nSPS) is 17.9. The summed E-state index contributed by atoms with van der Waals surface area (Å²) in [5.74, 6) is 0.206. The molecule has 0 aliphatic carbocycles. The van der Waals surface area contributed by atoms with Crippen LogP contribution in [-0.2, 0) is 11.3 Å². The second-order valence-electron chi connectivity index (χ2n) is 5.70. The molecule has 2 aromatic rings. The van der Waals surface area contributed by atoms with Crippen molar-refractivity contribution in [1.29, 1.82) is 0 Å². The Kier molecular flexibility index (Phi) is 4.46. The quantitative estimate of drug-likeness (QED) is 0.848. The smallest absolute Gasteiger partial charge is 0.223 e. The van der Waals surface area contributed by atoms with Crippen LogP contribution in [-0.4, -0.2) is 37.1 Å². The first kappa shape index (κ1) is 14.7. The van der Waals surface area contributed by atoms with E-state index in [1.807, 2.05) is 28.8 Å². The van der Waals surface area contributed by atoms with Crippen molar-refractivity contribution in [3.05, 3.63) is 42.2 Å². The van der Waals surface area contributed by atoms with Gasteiger partial charge in [-0.2, -0.15) is 5.10 Å². The van der Waals surface area contributed by atoms with Crippen molar-refractivity contribution >= 4 is 5.91 Å². The van der Waals surface area contributed by atoms with Gasteiger partial charge in [0.2, 0.25) is 5.91 Å². The Hall–Kier alpha value is -2.24. The van der Waals surface area contributed by atoms with E-state index in [2.05, 4.69) is 15.1 Å². The summed E-state index contributed by atoms with van der Waals surface area (Å²) in [6, 6.07) is 1.99. The number of nitrogens with zero attached hydrogens (tertiary/aromatic N) is 5. The van der Waals surface area contributed by atoms with E-state index in [1.54, 1.807) is 18.6 Å². The van der Waals surface area contributed by atoms with Crippen LogP contribution in [0.15, 0.2) is 30.9 Å². The van der Waals surface area contributed by atoms with E-state index in [1.165, 1.54) is 0 Å². The molecule has 1 amide bonds. The number of hydrogen-bond acceptors (Lipinski definition) is 4. The zero-order valence-electron chi connectivity index (χ0n) is 12.9. The lowest BCUT2D eigenvalue weighted by Crippen LogP contribution is -2.31. The highest BCUT2D eigenvalue weighted by atomic mass is 16.2. The van der Waals surface area contributed by atoms with E-state index in [-0.39, 0.29) is 11.9 Å². The molecule has 116 valence electrons. The third-order valence-corrected chi connectivity index (χ3v) is 4.03. The Morgan fingerprint density at radius 1 is 1.41 bits per heavy atom. The van der Waals surface area contributed by atoms with E-state index in [0.717, 1.165) is 43.7 Å². The molecule has 0 N–H and O–H groups in total. The summed E-state index contributed by atoms with van der Waals surface area (Å²) in [5.41, 5.74) is 1.81. The molecular formula is C16H21N5O. The predicted molar refractivity (Wildman–Crippen MR) is 81.9 cm³/mol. The van der Waals surface area contributed by atoms with E-state index in [0.29, 0.717) is 6.42 Å². The number of hydrogen-bond donors (Lipinski definition) is 0. The molecule has 1 aliphatic rings. The van der Waals surface area contributed by atoms with Crippen molar-refractivity contribution in [2.45, 2.75) is 45.2 Å². The van der Waals surface area contributed by atoms with E-state index >= 15 is 0 Å². The summed E-state index contributed by atoms with van der Waals surface area (Å²) in [6.07, 6.45) is 10.6. The number of likely N-dealkylation sites (tertiary alicyclic amines) is 1. The van der Waals surface area contributed by atoms with Gasteiger partial charge >= 0.3 is 0 Å². The summed E-state index contributed by atoms with van der Waals surface area (Å²) in [5, 5.41) is 4.16. The SMILES string of the molecule is Cc1cncc([C@@H]2CCCN2C(=O)CCCn2cccn2)n1. The first-order valence-corrected chi connectivity index (χ1v) is 7.79. The van der Waals surface area contributed by atoms with Crippen LogP contribution in [0.4, 0.5) is 0 Å². The van der Waals surface area contributed by atoms with Crippen LogP contribution in [0, 0.1) is 6.92 Å². The molecule has 1 fully saturated rings. The Morgan fingerprint density at radius 2 is 2.32 bits per heavy atom. The lowest BCUT2D eigenvalue weighted by Gasteiger charge is -2.24. The average Bonchev–Trinajstić information content (AvgIpc) is 3.18. The molecule has 0 aromatic carbocycles. The van der Waals surface area contributed by atoms with Crippen LogP contribution in [0.3, 0.4) is 0 Å². The number of amides is 1. The molecule has 3 heterocycles. The van der Waals surface area contributed by atoms with Gasteiger partial charge < -0.3 is 4.90 Å². The van der Waals surface area contributed by atoms with E-state index in [4.69, 9.17) is 0 Å². The monoisotopic (exact) mass is 299 g/mol. The van der Waals surface area contributed by atoms with Gasteiger partial charge in [0.05, 0.1) is 23.6 Å². The molecule has 0 unspecified atom stereocenters. The summed E-state index contributed by atoms with van der Waals surface area (Å²) in [4.78, 5) is 23.2. The topological polar surface area (TPSA) is 63.9 Å². The fourth-order valence-corrected chi connectivity index (χ4v) is 2.98. The third kappa shape index (κ3) is 3.32. The maximum Gasteiger partial charge on any atom is 0.223 e. The van der Waals surface area contributed by atoms with Crippen LogP contribution in [0.1, 0.15) is 43.1 Å². The van der Waals surface area contributed by atoms with Gasteiger partial charge in [-0.25, -0.2) is 0 Å². The Morgan fingerprint density at radius 3 is 3.09 bits per heavy atom. The zero-order chi connectivity index (χ0) is 15.4. The number of rotatable bonds is 5. The molecule has 22 heavy (non-hydrogen) atoms. The van der Waals surface area contributed by atoms with Crippen molar-refractivity contribution in [2.75, 3.05) is 6.54 Å². The summed E-state index contributed by atoms with van der Waals surface area (Å²) >= 11 is 0. The summed E-state index contributed by atoms with van der Waals surface area (Å²) in [6.45, 7) is 3.53. The van der Waals surface area contributed by atoms with Crippen LogP contribution in [0.5, 0.6) is 0 Å². The van der Waals surface area contributed by atoms with Crippen molar-refractivity contribution in [3.8, 4) is 0 Å². The minimum Gasteiger partial charge on any atom is -0.334 e. The van der Waals surface area contributed by atoms with Gasteiger partial charge in [-0.05, 0) is 32.3 Å². The number of aromatic nitrogens is 4. The molecule has 1 aliphatic heterocycles. The summed E-state index contributed by atoms with van der Waals surface area (Å²) < 4.78 is 1.86. The lowest BCUT2D eigenvalue weighted by atomic mass is 10.1. The van der Waals surface area contributed by atoms with E-state index in [9.17, 15) is 4.79 Å². The zero-order valence-corrected chi connectivity index (χ0v) is 12.9. The van der Waals surface area contributed by atoms with Crippen LogP contribution < -0.4 is 0 Å². The number of carbonyl (C=O) groups excluding carboxylic acids is 1. The average molecular weight is 299 g/mol. The molecule has 1 atom stereocenters. The highest BCUT2D eigenvalue weighted by molar-refractivity contribution is 5.76. The maximum absolute atomic E-state index is 12.5. The fraction of sp³-hybridized carbons (Fsp3) is 0.500. The minimum absolute atomic E-state index is 0.0876. The molecule has 6 nitrogen and oxygen atoms in total. The first-order valence-electron chi connectivity index (χ1n) is 7.79. The largest absolute Gasteiger partial charge is 0.334 e. The molecular weight excluding hydrogens is 278 g/mol. The Balaban J connectivity index is 1.59. The van der Waals surface area contributed by atoms with Gasteiger partial charge in [-0.1, -0.05) is 0 Å². The molecule has 2 aromatic heterocycles. The van der Waals surface area contributed by atoms with Crippen molar-refractivity contribution in [1.82, 2.24) is 24.6 Å². The van der Waals surface area contributed by atoms with Crippen molar-refractivity contribution in [2.24, 2.45) is 0 Å². The molecule has 3 rings (SSSR count). The number of aryl methyl sites for hydroxylation is 2. The fourth-order valence-electron chi connectivity index (χ4n) is 2.98. The third-order valence-electron chi connectivity index (χ3n) is 4.03. The molecule has 0 saturated carbocycles. The van der Waals surface area contributed by atoms with Crippen LogP contribution in [0.2, 0.25) is 0 Å². The van der Waals surface area contributed by atoms with Crippen molar-refractivity contribution < 1.29 is 4.79 Å². The van der Waals surface area contributed by atoms with Gasteiger partial charge in [0, 0.05) is 38.1 Å². The van der Waals surface area contributed by atoms with Gasteiger partial charge in [-0.3, -0.25) is 19.4 Å². The van der Waals surface area contributed by atoms with Gasteiger partial charge in [0.1, 0.15) is 0 Å². The molecule has 0 spiro atoms.